The zero-order valence-corrected chi connectivity index (χ0v) is 13.8. The first-order valence-corrected chi connectivity index (χ1v) is 9.21. The Bertz CT molecular complexity index is 439. The number of aliphatic hydroxyl groups is 1. The maximum atomic E-state index is 9.01. The summed E-state index contributed by atoms with van der Waals surface area (Å²) in [5, 5.41) is 13.6. The van der Waals surface area contributed by atoms with Gasteiger partial charge in [0.2, 0.25) is 0 Å². The molecule has 1 aliphatic carbocycles. The minimum absolute atomic E-state index is 0.166. The van der Waals surface area contributed by atoms with Crippen molar-refractivity contribution in [1.82, 2.24) is 14.7 Å². The molecule has 1 saturated carbocycles. The van der Waals surface area contributed by atoms with Crippen LogP contribution >= 0.6 is 0 Å². The van der Waals surface area contributed by atoms with Gasteiger partial charge in [-0.3, -0.25) is 4.68 Å². The van der Waals surface area contributed by atoms with Crippen LogP contribution < -0.4 is 0 Å². The lowest BCUT2D eigenvalue weighted by Gasteiger charge is -2.33. The predicted molar refractivity (Wildman–Crippen MR) is 88.9 cm³/mol. The first kappa shape index (κ1) is 16.0. The lowest BCUT2D eigenvalue weighted by molar-refractivity contribution is 0.183. The molecule has 1 atom stereocenters. The highest BCUT2D eigenvalue weighted by molar-refractivity contribution is 5.08. The van der Waals surface area contributed by atoms with Gasteiger partial charge in [0, 0.05) is 18.7 Å². The standard InChI is InChI=1S/C18H31N3O/c22-14-13-21-12-9-18(19-21)17-7-4-10-20(15-17)11-8-16-5-2-1-3-6-16/h9,12,16-17,22H,1-8,10-11,13-15H2. The van der Waals surface area contributed by atoms with E-state index in [1.54, 1.807) is 0 Å². The minimum Gasteiger partial charge on any atom is -0.394 e. The summed E-state index contributed by atoms with van der Waals surface area (Å²) < 4.78 is 1.87. The number of aliphatic hydroxyl groups excluding tert-OH is 1. The molecule has 4 nitrogen and oxygen atoms in total. The summed E-state index contributed by atoms with van der Waals surface area (Å²) in [6.07, 6.45) is 13.2. The molecule has 124 valence electrons. The smallest absolute Gasteiger partial charge is 0.0668 e. The third kappa shape index (κ3) is 4.32. The Balaban J connectivity index is 1.47. The maximum Gasteiger partial charge on any atom is 0.0668 e. The van der Waals surface area contributed by atoms with Gasteiger partial charge in [-0.15, -0.1) is 0 Å². The molecule has 1 N–H and O–H groups in total. The molecule has 4 heteroatoms. The van der Waals surface area contributed by atoms with Crippen LogP contribution in [0.5, 0.6) is 0 Å². The third-order valence-corrected chi connectivity index (χ3v) is 5.49. The molecule has 1 aromatic rings. The normalized spacial score (nSPS) is 24.7. The maximum absolute atomic E-state index is 9.01. The fraction of sp³-hybridized carbons (Fsp3) is 0.833. The summed E-state index contributed by atoms with van der Waals surface area (Å²) in [5.41, 5.74) is 1.22. The average molecular weight is 305 g/mol. The number of aromatic nitrogens is 2. The van der Waals surface area contributed by atoms with E-state index < -0.39 is 0 Å². The molecule has 2 aliphatic rings. The number of hydrogen-bond donors (Lipinski definition) is 1. The second kappa shape index (κ2) is 8.11. The SMILES string of the molecule is OCCn1ccc(C2CCCN(CCC3CCCCC3)C2)n1. The molecule has 22 heavy (non-hydrogen) atoms. The van der Waals surface area contributed by atoms with Gasteiger partial charge in [0.05, 0.1) is 18.8 Å². The second-order valence-corrected chi connectivity index (χ2v) is 7.16. The van der Waals surface area contributed by atoms with E-state index in [4.69, 9.17) is 5.11 Å². The zero-order chi connectivity index (χ0) is 15.2. The quantitative estimate of drug-likeness (QED) is 0.878. The Morgan fingerprint density at radius 2 is 1.95 bits per heavy atom. The van der Waals surface area contributed by atoms with Crippen LogP contribution in [0.15, 0.2) is 12.3 Å². The fourth-order valence-electron chi connectivity index (χ4n) is 4.16. The number of piperidine rings is 1. The van der Waals surface area contributed by atoms with Crippen LogP contribution in [0.4, 0.5) is 0 Å². The lowest BCUT2D eigenvalue weighted by Crippen LogP contribution is -2.36. The molecule has 1 unspecified atom stereocenters. The Kier molecular flexibility index (Phi) is 5.90. The molecule has 1 aliphatic heterocycles. The van der Waals surface area contributed by atoms with Crippen LogP contribution in [-0.2, 0) is 6.54 Å². The van der Waals surface area contributed by atoms with Crippen LogP contribution in [0.25, 0.3) is 0 Å². The van der Waals surface area contributed by atoms with Crippen LogP contribution in [0, 0.1) is 5.92 Å². The molecule has 2 fully saturated rings. The van der Waals surface area contributed by atoms with Gasteiger partial charge >= 0.3 is 0 Å². The molecule has 1 saturated heterocycles. The number of rotatable bonds is 6. The summed E-state index contributed by atoms with van der Waals surface area (Å²) in [6, 6.07) is 2.14. The van der Waals surface area contributed by atoms with Crippen LogP contribution in [0.2, 0.25) is 0 Å². The summed E-state index contributed by atoms with van der Waals surface area (Å²) >= 11 is 0. The van der Waals surface area contributed by atoms with Crippen molar-refractivity contribution in [3.05, 3.63) is 18.0 Å². The molecule has 1 aromatic heterocycles. The van der Waals surface area contributed by atoms with E-state index in [9.17, 15) is 0 Å². The van der Waals surface area contributed by atoms with Crippen LogP contribution in [0.1, 0.15) is 63.0 Å². The van der Waals surface area contributed by atoms with E-state index in [-0.39, 0.29) is 6.61 Å². The minimum atomic E-state index is 0.166. The predicted octanol–water partition coefficient (Wildman–Crippen LogP) is 3.03. The van der Waals surface area contributed by atoms with Crippen molar-refractivity contribution < 1.29 is 5.11 Å². The highest BCUT2D eigenvalue weighted by Crippen LogP contribution is 2.29. The van der Waals surface area contributed by atoms with E-state index >= 15 is 0 Å². The van der Waals surface area contributed by atoms with Gasteiger partial charge in [0.25, 0.3) is 0 Å². The van der Waals surface area contributed by atoms with Crippen molar-refractivity contribution >= 4 is 0 Å². The summed E-state index contributed by atoms with van der Waals surface area (Å²) in [5.74, 6) is 1.57. The topological polar surface area (TPSA) is 41.3 Å². The molecule has 0 spiro atoms. The van der Waals surface area contributed by atoms with Gasteiger partial charge in [0.15, 0.2) is 0 Å². The molecule has 2 heterocycles. The molecule has 0 radical (unpaired) electrons. The molecule has 0 bridgehead atoms. The Hall–Kier alpha value is -0.870. The van der Waals surface area contributed by atoms with E-state index in [0.717, 1.165) is 5.92 Å². The number of hydrogen-bond acceptors (Lipinski definition) is 3. The van der Waals surface area contributed by atoms with Crippen molar-refractivity contribution in [3.8, 4) is 0 Å². The zero-order valence-electron chi connectivity index (χ0n) is 13.8. The van der Waals surface area contributed by atoms with E-state index in [2.05, 4.69) is 16.1 Å². The highest BCUT2D eigenvalue weighted by atomic mass is 16.3. The van der Waals surface area contributed by atoms with Crippen LogP contribution in [0.3, 0.4) is 0 Å². The first-order valence-electron chi connectivity index (χ1n) is 9.21. The van der Waals surface area contributed by atoms with Gasteiger partial charge < -0.3 is 10.0 Å². The van der Waals surface area contributed by atoms with Gasteiger partial charge in [-0.25, -0.2) is 0 Å². The van der Waals surface area contributed by atoms with E-state index in [1.165, 1.54) is 76.7 Å². The first-order chi connectivity index (χ1) is 10.8. The van der Waals surface area contributed by atoms with Crippen molar-refractivity contribution in [2.75, 3.05) is 26.2 Å². The lowest BCUT2D eigenvalue weighted by atomic mass is 9.86. The highest BCUT2D eigenvalue weighted by Gasteiger charge is 2.24. The fourth-order valence-corrected chi connectivity index (χ4v) is 4.16. The summed E-state index contributed by atoms with van der Waals surface area (Å²) in [4.78, 5) is 2.66. The van der Waals surface area contributed by atoms with Crippen molar-refractivity contribution in [2.24, 2.45) is 5.92 Å². The van der Waals surface area contributed by atoms with Crippen molar-refractivity contribution in [3.63, 3.8) is 0 Å². The van der Waals surface area contributed by atoms with Gasteiger partial charge in [0.1, 0.15) is 0 Å². The molecule has 0 aromatic carbocycles. The molecular weight excluding hydrogens is 274 g/mol. The average Bonchev–Trinajstić information content (AvgIpc) is 3.03. The number of likely N-dealkylation sites (tertiary alicyclic amines) is 1. The van der Waals surface area contributed by atoms with Gasteiger partial charge in [-0.1, -0.05) is 32.1 Å². The van der Waals surface area contributed by atoms with E-state index in [1.807, 2.05) is 10.9 Å². The molecular formula is C18H31N3O. The molecule has 0 amide bonds. The van der Waals surface area contributed by atoms with Crippen molar-refractivity contribution in [1.29, 1.82) is 0 Å². The van der Waals surface area contributed by atoms with Gasteiger partial charge in [-0.2, -0.15) is 5.10 Å². The van der Waals surface area contributed by atoms with Crippen LogP contribution in [-0.4, -0.2) is 46.0 Å². The second-order valence-electron chi connectivity index (χ2n) is 7.16. The third-order valence-electron chi connectivity index (χ3n) is 5.49. The Morgan fingerprint density at radius 1 is 1.09 bits per heavy atom. The van der Waals surface area contributed by atoms with Gasteiger partial charge in [-0.05, 0) is 44.3 Å². The van der Waals surface area contributed by atoms with E-state index in [0.29, 0.717) is 12.5 Å². The number of nitrogens with zero attached hydrogens (tertiary/aromatic N) is 3. The monoisotopic (exact) mass is 305 g/mol. The summed E-state index contributed by atoms with van der Waals surface area (Å²) in [6.45, 7) is 4.49. The molecule has 3 rings (SSSR count). The van der Waals surface area contributed by atoms with Crippen molar-refractivity contribution in [2.45, 2.75) is 63.8 Å². The summed E-state index contributed by atoms with van der Waals surface area (Å²) in [7, 11) is 0. The Morgan fingerprint density at radius 3 is 2.77 bits per heavy atom. The largest absolute Gasteiger partial charge is 0.394 e. The Labute approximate surface area is 134 Å².